The van der Waals surface area contributed by atoms with Crippen molar-refractivity contribution < 1.29 is 14.3 Å². The number of ether oxygens (including phenoxy) is 1. The molecule has 0 saturated carbocycles. The van der Waals surface area contributed by atoms with Crippen LogP contribution in [0.4, 0.5) is 5.69 Å². The van der Waals surface area contributed by atoms with E-state index in [0.29, 0.717) is 23.5 Å². The number of rotatable bonds is 8. The molecule has 0 aliphatic carbocycles. The fraction of sp³-hybridized carbons (Fsp3) is 0.304. The zero-order valence-corrected chi connectivity index (χ0v) is 16.9. The van der Waals surface area contributed by atoms with E-state index in [1.54, 1.807) is 42.5 Å². The van der Waals surface area contributed by atoms with Gasteiger partial charge in [-0.05, 0) is 62.0 Å². The molecule has 0 unspecified atom stereocenters. The van der Waals surface area contributed by atoms with Crippen LogP contribution >= 0.6 is 0 Å². The molecule has 0 spiro atoms. The molecule has 1 heterocycles. The van der Waals surface area contributed by atoms with Gasteiger partial charge < -0.3 is 20.3 Å². The van der Waals surface area contributed by atoms with E-state index in [-0.39, 0.29) is 17.6 Å². The Morgan fingerprint density at radius 2 is 1.83 bits per heavy atom. The standard InChI is InChI=1S/C23H27N3O3/c1-3-26(4-2)15-7-14-24-22(27)18-12-10-17(11-13-18)16-21-23(28)25-19-8-5-6-9-20(19)29-21/h5-6,8-13,16H,3-4,7,14-15H2,1-2H3,(H,24,27)(H,25,28). The van der Waals surface area contributed by atoms with Crippen molar-refractivity contribution in [2.75, 3.05) is 31.5 Å². The van der Waals surface area contributed by atoms with E-state index in [0.717, 1.165) is 31.6 Å². The van der Waals surface area contributed by atoms with Crippen molar-refractivity contribution >= 4 is 23.6 Å². The van der Waals surface area contributed by atoms with E-state index in [4.69, 9.17) is 4.74 Å². The van der Waals surface area contributed by atoms with Crippen molar-refractivity contribution in [3.05, 3.63) is 65.4 Å². The van der Waals surface area contributed by atoms with E-state index in [9.17, 15) is 9.59 Å². The zero-order valence-electron chi connectivity index (χ0n) is 16.9. The number of nitrogens with one attached hydrogen (secondary N) is 2. The zero-order chi connectivity index (χ0) is 20.6. The number of anilines is 1. The summed E-state index contributed by atoms with van der Waals surface area (Å²) in [5.41, 5.74) is 2.03. The van der Waals surface area contributed by atoms with E-state index in [1.165, 1.54) is 0 Å². The number of hydrogen-bond donors (Lipinski definition) is 2. The van der Waals surface area contributed by atoms with Gasteiger partial charge in [-0.1, -0.05) is 38.1 Å². The summed E-state index contributed by atoms with van der Waals surface area (Å²) >= 11 is 0. The summed E-state index contributed by atoms with van der Waals surface area (Å²) in [6, 6.07) is 14.4. The Bertz CT molecular complexity index is 886. The molecular formula is C23H27N3O3. The maximum absolute atomic E-state index is 12.3. The third-order valence-electron chi connectivity index (χ3n) is 4.88. The van der Waals surface area contributed by atoms with Gasteiger partial charge in [-0.15, -0.1) is 0 Å². The fourth-order valence-electron chi connectivity index (χ4n) is 3.13. The molecule has 0 fully saturated rings. The largest absolute Gasteiger partial charge is 0.449 e. The van der Waals surface area contributed by atoms with E-state index in [1.807, 2.05) is 12.1 Å². The Labute approximate surface area is 171 Å². The number of amides is 2. The van der Waals surface area contributed by atoms with Crippen LogP contribution < -0.4 is 15.4 Å². The summed E-state index contributed by atoms with van der Waals surface area (Å²) in [7, 11) is 0. The third kappa shape index (κ3) is 5.45. The number of fused-ring (bicyclic) bond motifs is 1. The van der Waals surface area contributed by atoms with Crippen LogP contribution in [0.5, 0.6) is 5.75 Å². The predicted octanol–water partition coefficient (Wildman–Crippen LogP) is 3.52. The Morgan fingerprint density at radius 3 is 2.55 bits per heavy atom. The van der Waals surface area contributed by atoms with Crippen LogP contribution in [0, 0.1) is 0 Å². The second-order valence-electron chi connectivity index (χ2n) is 6.82. The number of hydrogen-bond acceptors (Lipinski definition) is 4. The Balaban J connectivity index is 1.57. The summed E-state index contributed by atoms with van der Waals surface area (Å²) in [4.78, 5) is 26.8. The van der Waals surface area contributed by atoms with Gasteiger partial charge in [-0.2, -0.15) is 0 Å². The third-order valence-corrected chi connectivity index (χ3v) is 4.88. The lowest BCUT2D eigenvalue weighted by atomic mass is 10.1. The van der Waals surface area contributed by atoms with Crippen LogP contribution in [0.2, 0.25) is 0 Å². The highest BCUT2D eigenvalue weighted by Crippen LogP contribution is 2.30. The van der Waals surface area contributed by atoms with Crippen molar-refractivity contribution in [2.24, 2.45) is 0 Å². The minimum atomic E-state index is -0.293. The summed E-state index contributed by atoms with van der Waals surface area (Å²) in [6.07, 6.45) is 2.59. The van der Waals surface area contributed by atoms with Crippen molar-refractivity contribution in [1.29, 1.82) is 0 Å². The Morgan fingerprint density at radius 1 is 1.10 bits per heavy atom. The van der Waals surface area contributed by atoms with E-state index < -0.39 is 0 Å². The van der Waals surface area contributed by atoms with Crippen molar-refractivity contribution in [3.63, 3.8) is 0 Å². The topological polar surface area (TPSA) is 70.7 Å². The predicted molar refractivity (Wildman–Crippen MR) is 115 cm³/mol. The quantitative estimate of drug-likeness (QED) is 0.532. The molecular weight excluding hydrogens is 366 g/mol. The molecule has 152 valence electrons. The highest BCUT2D eigenvalue weighted by Gasteiger charge is 2.21. The van der Waals surface area contributed by atoms with E-state index in [2.05, 4.69) is 29.4 Å². The lowest BCUT2D eigenvalue weighted by molar-refractivity contribution is -0.115. The van der Waals surface area contributed by atoms with Crippen molar-refractivity contribution in [3.8, 4) is 5.75 Å². The maximum Gasteiger partial charge on any atom is 0.291 e. The Hall–Kier alpha value is -3.12. The highest BCUT2D eigenvalue weighted by molar-refractivity contribution is 6.08. The van der Waals surface area contributed by atoms with Crippen LogP contribution in [0.25, 0.3) is 6.08 Å². The average Bonchev–Trinajstić information content (AvgIpc) is 2.75. The van der Waals surface area contributed by atoms with Crippen LogP contribution in [-0.2, 0) is 4.79 Å². The fourth-order valence-corrected chi connectivity index (χ4v) is 3.13. The monoisotopic (exact) mass is 393 g/mol. The summed E-state index contributed by atoms with van der Waals surface area (Å²) < 4.78 is 5.69. The first-order valence-electron chi connectivity index (χ1n) is 10.0. The molecule has 2 aromatic rings. The summed E-state index contributed by atoms with van der Waals surface area (Å²) in [5, 5.41) is 5.76. The Kier molecular flexibility index (Phi) is 7.03. The lowest BCUT2D eigenvalue weighted by Gasteiger charge is -2.19. The van der Waals surface area contributed by atoms with Crippen LogP contribution in [-0.4, -0.2) is 42.9 Å². The molecule has 2 N–H and O–H groups in total. The molecule has 2 amide bonds. The molecule has 3 rings (SSSR count). The molecule has 29 heavy (non-hydrogen) atoms. The van der Waals surface area contributed by atoms with Gasteiger partial charge in [-0.3, -0.25) is 9.59 Å². The van der Waals surface area contributed by atoms with Gasteiger partial charge in [0, 0.05) is 12.1 Å². The molecule has 0 radical (unpaired) electrons. The molecule has 6 heteroatoms. The number of benzene rings is 2. The molecule has 0 aromatic heterocycles. The maximum atomic E-state index is 12.3. The van der Waals surface area contributed by atoms with Gasteiger partial charge in [0.2, 0.25) is 0 Å². The lowest BCUT2D eigenvalue weighted by Crippen LogP contribution is -2.29. The molecule has 1 aliphatic rings. The summed E-state index contributed by atoms with van der Waals surface area (Å²) in [6.45, 7) is 7.95. The molecule has 0 bridgehead atoms. The average molecular weight is 393 g/mol. The minimum Gasteiger partial charge on any atom is -0.449 e. The van der Waals surface area contributed by atoms with Crippen molar-refractivity contribution in [1.82, 2.24) is 10.2 Å². The first-order chi connectivity index (χ1) is 14.1. The molecule has 6 nitrogen and oxygen atoms in total. The number of para-hydroxylation sites is 2. The number of carbonyl (C=O) groups excluding carboxylic acids is 2. The van der Waals surface area contributed by atoms with Gasteiger partial charge in [-0.25, -0.2) is 0 Å². The SMILES string of the molecule is CCN(CC)CCCNC(=O)c1ccc(C=C2Oc3ccccc3NC2=O)cc1. The summed E-state index contributed by atoms with van der Waals surface area (Å²) in [5.74, 6) is 0.444. The number of carbonyl (C=O) groups is 2. The highest BCUT2D eigenvalue weighted by atomic mass is 16.5. The molecule has 2 aromatic carbocycles. The van der Waals surface area contributed by atoms with Crippen LogP contribution in [0.15, 0.2) is 54.3 Å². The molecule has 0 atom stereocenters. The van der Waals surface area contributed by atoms with Crippen LogP contribution in [0.3, 0.4) is 0 Å². The first kappa shape index (κ1) is 20.6. The van der Waals surface area contributed by atoms with E-state index >= 15 is 0 Å². The minimum absolute atomic E-state index is 0.0932. The van der Waals surface area contributed by atoms with Gasteiger partial charge in [0.25, 0.3) is 11.8 Å². The van der Waals surface area contributed by atoms with Gasteiger partial charge in [0.15, 0.2) is 11.5 Å². The first-order valence-corrected chi connectivity index (χ1v) is 10.0. The smallest absolute Gasteiger partial charge is 0.291 e. The number of nitrogens with zero attached hydrogens (tertiary/aromatic N) is 1. The normalized spacial score (nSPS) is 14.3. The second-order valence-corrected chi connectivity index (χ2v) is 6.82. The van der Waals surface area contributed by atoms with Gasteiger partial charge >= 0.3 is 0 Å². The van der Waals surface area contributed by atoms with Gasteiger partial charge in [0.1, 0.15) is 0 Å². The van der Waals surface area contributed by atoms with Crippen LogP contribution in [0.1, 0.15) is 36.2 Å². The van der Waals surface area contributed by atoms with Crippen molar-refractivity contribution in [2.45, 2.75) is 20.3 Å². The second kappa shape index (κ2) is 9.89. The molecule has 0 saturated heterocycles. The van der Waals surface area contributed by atoms with Gasteiger partial charge in [0.05, 0.1) is 5.69 Å². The molecule has 1 aliphatic heterocycles.